The van der Waals surface area contributed by atoms with Gasteiger partial charge in [0, 0.05) is 17.0 Å². The summed E-state index contributed by atoms with van der Waals surface area (Å²) in [6, 6.07) is 5.20. The summed E-state index contributed by atoms with van der Waals surface area (Å²) in [5.74, 6) is 1.52. The molecule has 0 aliphatic carbocycles. The summed E-state index contributed by atoms with van der Waals surface area (Å²) < 4.78 is 34.2. The Balaban J connectivity index is 1.60. The minimum Gasteiger partial charge on any atom is -0.510 e. The maximum Gasteiger partial charge on any atom is 0.161 e. The molecule has 2 aliphatic heterocycles. The second kappa shape index (κ2) is 7.34. The van der Waals surface area contributed by atoms with Crippen LogP contribution in [0.4, 0.5) is 0 Å². The molecule has 0 amide bonds. The van der Waals surface area contributed by atoms with Crippen molar-refractivity contribution >= 4 is 32.6 Å². The fraction of sp³-hybridized carbons (Fsp3) is 0.368. The molecule has 1 aromatic carbocycles. The van der Waals surface area contributed by atoms with Crippen LogP contribution < -0.4 is 9.47 Å². The van der Waals surface area contributed by atoms with Gasteiger partial charge in [-0.3, -0.25) is 5.41 Å². The summed E-state index contributed by atoms with van der Waals surface area (Å²) in [5.41, 5.74) is 1.89. The van der Waals surface area contributed by atoms with Crippen LogP contribution in [0.5, 0.6) is 11.5 Å². The third-order valence-corrected chi connectivity index (χ3v) is 7.79. The van der Waals surface area contributed by atoms with E-state index < -0.39 is 9.84 Å². The summed E-state index contributed by atoms with van der Waals surface area (Å²) in [6.45, 7) is 0.139. The molecule has 1 fully saturated rings. The van der Waals surface area contributed by atoms with Crippen LogP contribution in [0.15, 0.2) is 29.3 Å². The van der Waals surface area contributed by atoms with E-state index in [4.69, 9.17) is 14.9 Å². The Labute approximate surface area is 172 Å². The second-order valence-electron chi connectivity index (χ2n) is 6.96. The lowest BCUT2D eigenvalue weighted by molar-refractivity contribution is 0.309. The fourth-order valence-corrected chi connectivity index (χ4v) is 6.30. The SMILES string of the molecule is COc1ccc(-c2csc(C3=C(O)CN([C@H]4CCS(=O)(=O)C4)C3=N)n2)cc1OC. The van der Waals surface area contributed by atoms with Crippen LogP contribution in [0, 0.1) is 5.41 Å². The molecular formula is C19H21N3O5S2. The van der Waals surface area contributed by atoms with Gasteiger partial charge < -0.3 is 19.5 Å². The standard InChI is InChI=1S/C19H21N3O5S2/c1-26-15-4-3-11(7-16(15)27-2)13-9-28-19(21-13)17-14(23)8-22(18(17)20)12-5-6-29(24,25)10-12/h3-4,7,9,12,20,23H,5-6,8,10H2,1-2H3/t12-/m0/s1. The highest BCUT2D eigenvalue weighted by Crippen LogP contribution is 2.36. The highest BCUT2D eigenvalue weighted by Gasteiger charge is 2.39. The van der Waals surface area contributed by atoms with Crippen LogP contribution in [-0.2, 0) is 9.84 Å². The van der Waals surface area contributed by atoms with Gasteiger partial charge in [0.1, 0.15) is 16.6 Å². The third kappa shape index (κ3) is 3.58. The largest absolute Gasteiger partial charge is 0.510 e. The van der Waals surface area contributed by atoms with Crippen LogP contribution in [-0.4, -0.2) is 67.6 Å². The molecular weight excluding hydrogens is 414 g/mol. The number of thiazole rings is 1. The highest BCUT2D eigenvalue weighted by molar-refractivity contribution is 7.91. The molecule has 0 spiro atoms. The number of sulfone groups is 1. The molecule has 1 aromatic heterocycles. The Kier molecular flexibility index (Phi) is 4.99. The molecule has 0 unspecified atom stereocenters. The molecule has 1 atom stereocenters. The lowest BCUT2D eigenvalue weighted by Crippen LogP contribution is -2.38. The first-order valence-electron chi connectivity index (χ1n) is 8.99. The molecule has 2 aromatic rings. The lowest BCUT2D eigenvalue weighted by Gasteiger charge is -2.24. The number of methoxy groups -OCH3 is 2. The number of nitrogens with one attached hydrogen (secondary N) is 1. The maximum absolute atomic E-state index is 11.8. The lowest BCUT2D eigenvalue weighted by atomic mass is 10.1. The third-order valence-electron chi connectivity index (χ3n) is 5.18. The molecule has 2 aliphatic rings. The Bertz CT molecular complexity index is 1110. The number of aliphatic hydroxyl groups is 1. The maximum atomic E-state index is 11.8. The minimum atomic E-state index is -3.07. The summed E-state index contributed by atoms with van der Waals surface area (Å²) >= 11 is 1.33. The smallest absolute Gasteiger partial charge is 0.161 e. The number of aliphatic hydroxyl groups excluding tert-OH is 1. The van der Waals surface area contributed by atoms with Gasteiger partial charge in [-0.25, -0.2) is 13.4 Å². The topological polar surface area (TPSA) is 113 Å². The Hall–Kier alpha value is -2.59. The van der Waals surface area contributed by atoms with Crippen LogP contribution in [0.3, 0.4) is 0 Å². The monoisotopic (exact) mass is 435 g/mol. The van der Waals surface area contributed by atoms with Gasteiger partial charge >= 0.3 is 0 Å². The van der Waals surface area contributed by atoms with Crippen LogP contribution in [0.25, 0.3) is 16.8 Å². The van der Waals surface area contributed by atoms with Crippen LogP contribution >= 0.6 is 11.3 Å². The zero-order chi connectivity index (χ0) is 20.8. The van der Waals surface area contributed by atoms with Crippen molar-refractivity contribution < 1.29 is 23.0 Å². The Morgan fingerprint density at radius 1 is 1.28 bits per heavy atom. The van der Waals surface area contributed by atoms with Gasteiger partial charge in [-0.15, -0.1) is 11.3 Å². The van der Waals surface area contributed by atoms with Gasteiger partial charge in [0.25, 0.3) is 0 Å². The van der Waals surface area contributed by atoms with E-state index in [1.807, 2.05) is 17.5 Å². The molecule has 154 valence electrons. The molecule has 10 heteroatoms. The van der Waals surface area contributed by atoms with E-state index >= 15 is 0 Å². The van der Waals surface area contributed by atoms with E-state index in [1.165, 1.54) is 11.3 Å². The molecule has 8 nitrogen and oxygen atoms in total. The quantitative estimate of drug-likeness (QED) is 0.742. The first-order valence-corrected chi connectivity index (χ1v) is 11.7. The van der Waals surface area contributed by atoms with Gasteiger partial charge in [-0.05, 0) is 24.6 Å². The number of hydrogen-bond donors (Lipinski definition) is 2. The van der Waals surface area contributed by atoms with Gasteiger partial charge in [0.05, 0.1) is 43.5 Å². The zero-order valence-electron chi connectivity index (χ0n) is 16.0. The molecule has 0 saturated carbocycles. The summed E-state index contributed by atoms with van der Waals surface area (Å²) in [5, 5.41) is 21.4. The first-order chi connectivity index (χ1) is 13.8. The molecule has 0 radical (unpaired) electrons. The average molecular weight is 436 g/mol. The van der Waals surface area contributed by atoms with E-state index in [9.17, 15) is 13.5 Å². The predicted molar refractivity (Wildman–Crippen MR) is 112 cm³/mol. The van der Waals surface area contributed by atoms with Crippen molar-refractivity contribution in [3.05, 3.63) is 34.3 Å². The van der Waals surface area contributed by atoms with E-state index in [0.717, 1.165) is 5.56 Å². The molecule has 3 heterocycles. The number of benzene rings is 1. The number of aromatic nitrogens is 1. The summed E-state index contributed by atoms with van der Waals surface area (Å²) in [4.78, 5) is 6.26. The highest BCUT2D eigenvalue weighted by atomic mass is 32.2. The molecule has 4 rings (SSSR count). The van der Waals surface area contributed by atoms with Crippen molar-refractivity contribution in [1.82, 2.24) is 9.88 Å². The summed E-state index contributed by atoms with van der Waals surface area (Å²) in [7, 11) is 0.0605. The van der Waals surface area contributed by atoms with Gasteiger partial charge in [0.15, 0.2) is 21.3 Å². The number of ether oxygens (including phenoxy) is 2. The Morgan fingerprint density at radius 2 is 2.03 bits per heavy atom. The average Bonchev–Trinajstić information content (AvgIpc) is 3.38. The van der Waals surface area contributed by atoms with Gasteiger partial charge in [0.2, 0.25) is 0 Å². The van der Waals surface area contributed by atoms with E-state index in [-0.39, 0.29) is 35.7 Å². The number of hydrogen-bond acceptors (Lipinski definition) is 8. The van der Waals surface area contributed by atoms with Gasteiger partial charge in [-0.1, -0.05) is 0 Å². The molecule has 1 saturated heterocycles. The normalized spacial score (nSPS) is 21.1. The fourth-order valence-electron chi connectivity index (χ4n) is 3.67. The minimum absolute atomic E-state index is 0.0186. The second-order valence-corrected chi connectivity index (χ2v) is 10.0. The molecule has 0 bridgehead atoms. The van der Waals surface area contributed by atoms with Crippen molar-refractivity contribution in [1.29, 1.82) is 5.41 Å². The van der Waals surface area contributed by atoms with Gasteiger partial charge in [-0.2, -0.15) is 0 Å². The number of rotatable bonds is 5. The van der Waals surface area contributed by atoms with Crippen molar-refractivity contribution in [3.63, 3.8) is 0 Å². The van der Waals surface area contributed by atoms with Crippen LogP contribution in [0.2, 0.25) is 0 Å². The van der Waals surface area contributed by atoms with Crippen molar-refractivity contribution in [2.45, 2.75) is 12.5 Å². The van der Waals surface area contributed by atoms with Crippen molar-refractivity contribution in [3.8, 4) is 22.8 Å². The zero-order valence-corrected chi connectivity index (χ0v) is 17.6. The molecule has 29 heavy (non-hydrogen) atoms. The molecule has 2 N–H and O–H groups in total. The Morgan fingerprint density at radius 3 is 2.69 bits per heavy atom. The predicted octanol–water partition coefficient (Wildman–Crippen LogP) is 2.58. The van der Waals surface area contributed by atoms with Crippen LogP contribution in [0.1, 0.15) is 11.4 Å². The number of amidine groups is 1. The summed E-state index contributed by atoms with van der Waals surface area (Å²) in [6.07, 6.45) is 0.472. The van der Waals surface area contributed by atoms with E-state index in [1.54, 1.807) is 25.2 Å². The van der Waals surface area contributed by atoms with E-state index in [0.29, 0.717) is 34.2 Å². The van der Waals surface area contributed by atoms with E-state index in [2.05, 4.69) is 4.98 Å². The first kappa shape index (κ1) is 19.7. The number of nitrogens with zero attached hydrogens (tertiary/aromatic N) is 2. The van der Waals surface area contributed by atoms with Crippen molar-refractivity contribution in [2.75, 3.05) is 32.3 Å². The van der Waals surface area contributed by atoms with Crippen molar-refractivity contribution in [2.24, 2.45) is 0 Å².